The summed E-state index contributed by atoms with van der Waals surface area (Å²) < 4.78 is 18.7. The first kappa shape index (κ1) is 35.9. The van der Waals surface area contributed by atoms with Crippen molar-refractivity contribution < 1.29 is 18.5 Å². The largest absolute Gasteiger partial charge is 0.385 e. The third-order valence-corrected chi connectivity index (χ3v) is 9.51. The Hall–Kier alpha value is -0.150. The zero-order chi connectivity index (χ0) is 27.0. The van der Waals surface area contributed by atoms with Crippen molar-refractivity contribution in [2.45, 2.75) is 161 Å². The molecule has 0 heterocycles. The van der Waals surface area contributed by atoms with Crippen LogP contribution in [-0.4, -0.2) is 42.9 Å². The molecule has 0 aliphatic heterocycles. The van der Waals surface area contributed by atoms with Gasteiger partial charge in [0.05, 0.1) is 27.7 Å². The lowest BCUT2D eigenvalue weighted by Crippen LogP contribution is -2.45. The van der Waals surface area contributed by atoms with Crippen molar-refractivity contribution in [3.05, 3.63) is 12.2 Å². The van der Waals surface area contributed by atoms with E-state index in [4.69, 9.17) is 4.52 Å². The maximum Gasteiger partial charge on any atom is 0.385 e. The summed E-state index contributed by atoms with van der Waals surface area (Å²) in [5.74, 6) is -0.336. The van der Waals surface area contributed by atoms with E-state index in [-0.39, 0.29) is 5.78 Å². The highest BCUT2D eigenvalue weighted by Gasteiger charge is 2.41. The van der Waals surface area contributed by atoms with Gasteiger partial charge in [0.2, 0.25) is 0 Å². The summed E-state index contributed by atoms with van der Waals surface area (Å²) in [5, 5.41) is 0. The van der Waals surface area contributed by atoms with E-state index in [1.165, 1.54) is 116 Å². The van der Waals surface area contributed by atoms with Crippen LogP contribution in [0.25, 0.3) is 0 Å². The van der Waals surface area contributed by atoms with Crippen molar-refractivity contribution in [2.24, 2.45) is 0 Å². The van der Waals surface area contributed by atoms with E-state index >= 15 is 0 Å². The molecule has 0 radical (unpaired) electrons. The number of quaternary nitrogens is 1. The zero-order valence-electron chi connectivity index (χ0n) is 25.2. The molecule has 0 aromatic heterocycles. The Morgan fingerprint density at radius 2 is 1.03 bits per heavy atom. The molecule has 4 nitrogen and oxygen atoms in total. The Morgan fingerprint density at radius 1 is 0.639 bits per heavy atom. The first-order valence-electron chi connectivity index (χ1n) is 15.7. The number of hydrogen-bond acceptors (Lipinski definition) is 2. The molecule has 0 saturated heterocycles. The van der Waals surface area contributed by atoms with E-state index in [0.29, 0.717) is 17.5 Å². The Labute approximate surface area is 226 Å². The van der Waals surface area contributed by atoms with Crippen LogP contribution in [0.3, 0.4) is 0 Å². The molecule has 1 N–H and O–H groups in total. The molecule has 0 fully saturated rings. The van der Waals surface area contributed by atoms with Crippen LogP contribution in [0, 0.1) is 0 Å². The summed E-state index contributed by atoms with van der Waals surface area (Å²) in [4.78, 5) is 10.4. The molecule has 0 amide bonds. The molecule has 0 saturated carbocycles. The predicted octanol–water partition coefficient (Wildman–Crippen LogP) is 10.4. The van der Waals surface area contributed by atoms with E-state index < -0.39 is 7.60 Å². The third-order valence-electron chi connectivity index (χ3n) is 7.25. The molecule has 0 aliphatic rings. The Kier molecular flexibility index (Phi) is 23.8. The smallest absolute Gasteiger partial charge is 0.320 e. The van der Waals surface area contributed by atoms with Crippen molar-refractivity contribution in [2.75, 3.05) is 27.7 Å². The minimum absolute atomic E-state index is 0.336. The van der Waals surface area contributed by atoms with Gasteiger partial charge in [-0.05, 0) is 38.5 Å². The molecule has 2 unspecified atom stereocenters. The summed E-state index contributed by atoms with van der Waals surface area (Å²) >= 11 is 0. The van der Waals surface area contributed by atoms with E-state index in [9.17, 15) is 9.46 Å². The van der Waals surface area contributed by atoms with Crippen LogP contribution < -0.4 is 0 Å². The van der Waals surface area contributed by atoms with Gasteiger partial charge in [-0.1, -0.05) is 122 Å². The van der Waals surface area contributed by atoms with Crippen LogP contribution in [0.5, 0.6) is 0 Å². The van der Waals surface area contributed by atoms with Gasteiger partial charge in [0.15, 0.2) is 5.78 Å². The van der Waals surface area contributed by atoms with Gasteiger partial charge in [-0.3, -0.25) is 4.57 Å². The van der Waals surface area contributed by atoms with Gasteiger partial charge in [0.1, 0.15) is 0 Å². The molecule has 0 spiro atoms. The van der Waals surface area contributed by atoms with Crippen molar-refractivity contribution in [3.63, 3.8) is 0 Å². The molecular weight excluding hydrogens is 465 g/mol. The molecule has 2 atom stereocenters. The lowest BCUT2D eigenvalue weighted by Gasteiger charge is -2.35. The molecule has 0 bridgehead atoms. The summed E-state index contributed by atoms with van der Waals surface area (Å²) in [5.41, 5.74) is 0. The second-order valence-corrected chi connectivity index (χ2v) is 13.8. The highest BCUT2D eigenvalue weighted by molar-refractivity contribution is 7.53. The normalized spacial score (nSPS) is 14.9. The fraction of sp³-hybridized carbons (Fsp3) is 0.935. The fourth-order valence-corrected chi connectivity index (χ4v) is 6.96. The van der Waals surface area contributed by atoms with Crippen molar-refractivity contribution in [3.8, 4) is 0 Å². The minimum atomic E-state index is -3.57. The molecule has 5 heteroatoms. The number of hydrogen-bond donors (Lipinski definition) is 1. The summed E-state index contributed by atoms with van der Waals surface area (Å²) in [7, 11) is 2.35. The van der Waals surface area contributed by atoms with Crippen LogP contribution >= 0.6 is 7.60 Å². The molecular formula is C31H65NO3P+. The van der Waals surface area contributed by atoms with E-state index in [0.717, 1.165) is 19.3 Å². The van der Waals surface area contributed by atoms with Gasteiger partial charge in [0.25, 0.3) is 0 Å². The Bertz CT molecular complexity index is 544. The van der Waals surface area contributed by atoms with Gasteiger partial charge in [-0.25, -0.2) is 0 Å². The first-order valence-corrected chi connectivity index (χ1v) is 17.3. The lowest BCUT2D eigenvalue weighted by molar-refractivity contribution is -0.883. The van der Waals surface area contributed by atoms with E-state index in [2.05, 4.69) is 26.0 Å². The van der Waals surface area contributed by atoms with Crippen LogP contribution in [0.1, 0.15) is 155 Å². The average molecular weight is 531 g/mol. The van der Waals surface area contributed by atoms with Crippen LogP contribution in [0.15, 0.2) is 12.2 Å². The maximum atomic E-state index is 12.7. The first-order chi connectivity index (χ1) is 17.3. The van der Waals surface area contributed by atoms with Gasteiger partial charge in [-0.2, -0.15) is 0 Å². The van der Waals surface area contributed by atoms with E-state index in [1.807, 2.05) is 21.1 Å². The highest BCUT2D eigenvalue weighted by Crippen LogP contribution is 2.51. The fourth-order valence-electron chi connectivity index (χ4n) is 4.94. The predicted molar refractivity (Wildman–Crippen MR) is 160 cm³/mol. The average Bonchev–Trinajstić information content (AvgIpc) is 2.82. The molecule has 0 aromatic rings. The maximum absolute atomic E-state index is 12.7. The van der Waals surface area contributed by atoms with Gasteiger partial charge in [-0.15, -0.1) is 0 Å². The number of allylic oxidation sites excluding steroid dienone is 2. The highest BCUT2D eigenvalue weighted by atomic mass is 31.2. The monoisotopic (exact) mass is 530 g/mol. The van der Waals surface area contributed by atoms with Crippen molar-refractivity contribution in [1.82, 2.24) is 0 Å². The summed E-state index contributed by atoms with van der Waals surface area (Å²) in [6.45, 7) is 4.74. The topological polar surface area (TPSA) is 46.5 Å². The minimum Gasteiger partial charge on any atom is -0.320 e. The Balaban J connectivity index is 3.46. The van der Waals surface area contributed by atoms with Gasteiger partial charge in [0, 0.05) is 6.42 Å². The summed E-state index contributed by atoms with van der Waals surface area (Å²) in [6.07, 6.45) is 32.8. The molecule has 0 aliphatic carbocycles. The third kappa shape index (κ3) is 21.9. The van der Waals surface area contributed by atoms with Gasteiger partial charge >= 0.3 is 7.60 Å². The van der Waals surface area contributed by atoms with Crippen molar-refractivity contribution >= 4 is 7.60 Å². The van der Waals surface area contributed by atoms with Crippen LogP contribution in [0.4, 0.5) is 0 Å². The number of nitrogens with zero attached hydrogens (tertiary/aromatic N) is 1. The standard InChI is InChI=1S/C31H64NO3P/c1-6-8-9-10-11-12-13-14-15-16-17-18-19-20-21-22-23-24-25-26-27-28-30-35-36(33,34)31(29-7-2)32(3,4)5/h18-19,31H,6-17,20-30H2,1-5H3/p+1/b19-18-. The molecule has 216 valence electrons. The lowest BCUT2D eigenvalue weighted by atomic mass is 10.1. The molecule has 36 heavy (non-hydrogen) atoms. The zero-order valence-corrected chi connectivity index (χ0v) is 26.0. The van der Waals surface area contributed by atoms with Crippen molar-refractivity contribution in [1.29, 1.82) is 0 Å². The van der Waals surface area contributed by atoms with Crippen LogP contribution in [-0.2, 0) is 9.09 Å². The van der Waals surface area contributed by atoms with Gasteiger partial charge < -0.3 is 13.9 Å². The van der Waals surface area contributed by atoms with Crippen LogP contribution in [0.2, 0.25) is 0 Å². The Morgan fingerprint density at radius 3 is 1.42 bits per heavy atom. The second kappa shape index (κ2) is 23.9. The summed E-state index contributed by atoms with van der Waals surface area (Å²) in [6, 6.07) is 0. The molecule has 0 aromatic carbocycles. The quantitative estimate of drug-likeness (QED) is 0.0497. The number of unbranched alkanes of at least 4 members (excludes halogenated alkanes) is 18. The second-order valence-electron chi connectivity index (χ2n) is 11.8. The SMILES string of the molecule is CCCCCCCCCCCC/C=C\CCCCCCCCCCOP(=O)(O)C(CCC)[N+](C)(C)C. The molecule has 0 rings (SSSR count). The van der Waals surface area contributed by atoms with E-state index in [1.54, 1.807) is 0 Å². The number of rotatable bonds is 27.